The lowest BCUT2D eigenvalue weighted by Gasteiger charge is -2.33. The fraction of sp³-hybridized carbons (Fsp3) is 0.944. The van der Waals surface area contributed by atoms with E-state index >= 15 is 0 Å². The minimum Gasteiger partial charge on any atom is -0.377 e. The molecule has 4 heterocycles. The number of hydrogen-bond donors (Lipinski definition) is 0. The van der Waals surface area contributed by atoms with Gasteiger partial charge in [-0.2, -0.15) is 0 Å². The molecule has 24 heavy (non-hydrogen) atoms. The van der Waals surface area contributed by atoms with Crippen molar-refractivity contribution in [3.63, 3.8) is 0 Å². The molecule has 2 atom stereocenters. The van der Waals surface area contributed by atoms with Crippen LogP contribution in [-0.2, 0) is 9.47 Å². The Balaban J connectivity index is 1.37. The Morgan fingerprint density at radius 3 is 2.54 bits per heavy atom. The first kappa shape index (κ1) is 16.6. The van der Waals surface area contributed by atoms with Crippen LogP contribution in [-0.4, -0.2) is 92.0 Å². The molecule has 0 saturated carbocycles. The molecule has 4 saturated heterocycles. The van der Waals surface area contributed by atoms with E-state index in [-0.39, 0.29) is 11.6 Å². The predicted octanol–water partition coefficient (Wildman–Crippen LogP) is 1.41. The maximum Gasteiger partial charge on any atom is 0.320 e. The summed E-state index contributed by atoms with van der Waals surface area (Å²) in [6.45, 7) is 8.88. The van der Waals surface area contributed by atoms with E-state index in [1.54, 1.807) is 0 Å². The zero-order valence-electron chi connectivity index (χ0n) is 14.8. The third-order valence-corrected chi connectivity index (χ3v) is 6.00. The van der Waals surface area contributed by atoms with Gasteiger partial charge in [0.25, 0.3) is 0 Å². The van der Waals surface area contributed by atoms with Crippen LogP contribution in [0.4, 0.5) is 4.79 Å². The third-order valence-electron chi connectivity index (χ3n) is 6.00. The number of likely N-dealkylation sites (tertiary alicyclic amines) is 2. The lowest BCUT2D eigenvalue weighted by atomic mass is 9.94. The van der Waals surface area contributed by atoms with Gasteiger partial charge < -0.3 is 24.2 Å². The molecule has 6 heteroatoms. The first-order valence-corrected chi connectivity index (χ1v) is 9.72. The number of carbonyl (C=O) groups excluding carboxylic acids is 1. The first-order valence-electron chi connectivity index (χ1n) is 9.72. The molecule has 0 bridgehead atoms. The predicted molar refractivity (Wildman–Crippen MR) is 91.1 cm³/mol. The molecule has 2 amide bonds. The summed E-state index contributed by atoms with van der Waals surface area (Å²) in [6, 6.07) is 0.184. The van der Waals surface area contributed by atoms with E-state index in [9.17, 15) is 4.79 Å². The zero-order valence-corrected chi connectivity index (χ0v) is 14.8. The second kappa shape index (κ2) is 7.18. The lowest BCUT2D eigenvalue weighted by Crippen LogP contribution is -2.50. The van der Waals surface area contributed by atoms with Gasteiger partial charge in [0.15, 0.2) is 0 Å². The normalized spacial score (nSPS) is 35.1. The summed E-state index contributed by atoms with van der Waals surface area (Å²) in [5, 5.41) is 0. The molecule has 0 unspecified atom stereocenters. The fourth-order valence-electron chi connectivity index (χ4n) is 4.77. The summed E-state index contributed by atoms with van der Waals surface area (Å²) in [4.78, 5) is 19.3. The van der Waals surface area contributed by atoms with Crippen LogP contribution in [0.15, 0.2) is 0 Å². The number of hydrogen-bond acceptors (Lipinski definition) is 4. The number of nitrogens with zero attached hydrogens (tertiary/aromatic N) is 3. The molecular formula is C18H31N3O3. The summed E-state index contributed by atoms with van der Waals surface area (Å²) in [5.41, 5.74) is -0.281. The maximum absolute atomic E-state index is 12.8. The Labute approximate surface area is 145 Å². The quantitative estimate of drug-likeness (QED) is 0.764. The molecule has 1 spiro atoms. The zero-order chi connectivity index (χ0) is 16.4. The van der Waals surface area contributed by atoms with Gasteiger partial charge in [0, 0.05) is 26.2 Å². The molecule has 4 aliphatic heterocycles. The van der Waals surface area contributed by atoms with Gasteiger partial charge >= 0.3 is 6.03 Å². The highest BCUT2D eigenvalue weighted by molar-refractivity contribution is 5.74. The van der Waals surface area contributed by atoms with Crippen molar-refractivity contribution < 1.29 is 14.3 Å². The van der Waals surface area contributed by atoms with Crippen LogP contribution >= 0.6 is 0 Å². The summed E-state index contributed by atoms with van der Waals surface area (Å²) >= 11 is 0. The van der Waals surface area contributed by atoms with Gasteiger partial charge in [-0.15, -0.1) is 0 Å². The Kier molecular flexibility index (Phi) is 4.97. The third kappa shape index (κ3) is 3.55. The summed E-state index contributed by atoms with van der Waals surface area (Å²) < 4.78 is 12.1. The standard InChI is InChI=1S/C18H31N3O3/c22-17(20-7-3-4-8-20)21-9-10-23-15-18(14-21)11-16(13-24-18)12-19-5-1-2-6-19/h16H,1-15H2/t16-,18-/m0/s1. The summed E-state index contributed by atoms with van der Waals surface area (Å²) in [6.07, 6.45) is 5.96. The van der Waals surface area contributed by atoms with E-state index in [1.165, 1.54) is 25.9 Å². The second-order valence-corrected chi connectivity index (χ2v) is 8.02. The van der Waals surface area contributed by atoms with Crippen molar-refractivity contribution in [2.24, 2.45) is 5.92 Å². The second-order valence-electron chi connectivity index (χ2n) is 8.02. The molecule has 0 N–H and O–H groups in total. The van der Waals surface area contributed by atoms with E-state index in [0.29, 0.717) is 32.2 Å². The molecule has 0 radical (unpaired) electrons. The van der Waals surface area contributed by atoms with Crippen molar-refractivity contribution in [1.82, 2.24) is 14.7 Å². The van der Waals surface area contributed by atoms with Gasteiger partial charge in [-0.25, -0.2) is 4.79 Å². The van der Waals surface area contributed by atoms with Gasteiger partial charge in [0.1, 0.15) is 5.60 Å². The van der Waals surface area contributed by atoms with Gasteiger partial charge in [0.2, 0.25) is 0 Å². The Morgan fingerprint density at radius 1 is 1.00 bits per heavy atom. The minimum atomic E-state index is -0.281. The molecule has 4 aliphatic rings. The van der Waals surface area contributed by atoms with Crippen LogP contribution in [0, 0.1) is 5.92 Å². The van der Waals surface area contributed by atoms with Gasteiger partial charge in [0.05, 0.1) is 26.4 Å². The minimum absolute atomic E-state index is 0.184. The SMILES string of the molecule is O=C(N1CCCC1)N1CCOC[C@]2(C[C@@H](CN3CCCC3)CO2)C1. The van der Waals surface area contributed by atoms with E-state index in [0.717, 1.165) is 45.5 Å². The van der Waals surface area contributed by atoms with Crippen molar-refractivity contribution in [1.29, 1.82) is 0 Å². The highest BCUT2D eigenvalue weighted by Crippen LogP contribution is 2.34. The number of ether oxygens (including phenoxy) is 2. The smallest absolute Gasteiger partial charge is 0.320 e. The van der Waals surface area contributed by atoms with E-state index in [2.05, 4.69) is 4.90 Å². The number of amides is 2. The van der Waals surface area contributed by atoms with Crippen molar-refractivity contribution >= 4 is 6.03 Å². The molecule has 0 aromatic heterocycles. The first-order chi connectivity index (χ1) is 11.7. The average molecular weight is 337 g/mol. The molecular weight excluding hydrogens is 306 g/mol. The van der Waals surface area contributed by atoms with Crippen LogP contribution in [0.3, 0.4) is 0 Å². The van der Waals surface area contributed by atoms with E-state index < -0.39 is 0 Å². The van der Waals surface area contributed by atoms with Crippen LogP contribution in [0.1, 0.15) is 32.1 Å². The highest BCUT2D eigenvalue weighted by Gasteiger charge is 2.45. The molecule has 0 aromatic rings. The number of rotatable bonds is 2. The van der Waals surface area contributed by atoms with Crippen molar-refractivity contribution in [3.8, 4) is 0 Å². The molecule has 0 aliphatic carbocycles. The molecule has 0 aromatic carbocycles. The van der Waals surface area contributed by atoms with Gasteiger partial charge in [-0.1, -0.05) is 0 Å². The molecule has 4 rings (SSSR count). The van der Waals surface area contributed by atoms with Gasteiger partial charge in [-0.05, 0) is 51.1 Å². The molecule has 136 valence electrons. The number of urea groups is 1. The van der Waals surface area contributed by atoms with Crippen molar-refractivity contribution in [2.45, 2.75) is 37.7 Å². The van der Waals surface area contributed by atoms with Crippen LogP contribution in [0.5, 0.6) is 0 Å². The molecule has 4 fully saturated rings. The molecule has 6 nitrogen and oxygen atoms in total. The van der Waals surface area contributed by atoms with E-state index in [4.69, 9.17) is 9.47 Å². The van der Waals surface area contributed by atoms with Crippen LogP contribution in [0.2, 0.25) is 0 Å². The topological polar surface area (TPSA) is 45.2 Å². The Hall–Kier alpha value is -0.850. The lowest BCUT2D eigenvalue weighted by molar-refractivity contribution is -0.0537. The Morgan fingerprint density at radius 2 is 1.75 bits per heavy atom. The monoisotopic (exact) mass is 337 g/mol. The largest absolute Gasteiger partial charge is 0.377 e. The van der Waals surface area contributed by atoms with E-state index in [1.807, 2.05) is 9.80 Å². The number of carbonyl (C=O) groups is 1. The van der Waals surface area contributed by atoms with Crippen LogP contribution in [0.25, 0.3) is 0 Å². The Bertz CT molecular complexity index is 449. The van der Waals surface area contributed by atoms with Crippen molar-refractivity contribution in [2.75, 3.05) is 65.6 Å². The fourth-order valence-corrected chi connectivity index (χ4v) is 4.77. The van der Waals surface area contributed by atoms with Crippen molar-refractivity contribution in [3.05, 3.63) is 0 Å². The van der Waals surface area contributed by atoms with Gasteiger partial charge in [-0.3, -0.25) is 0 Å². The highest BCUT2D eigenvalue weighted by atomic mass is 16.5. The van der Waals surface area contributed by atoms with Crippen LogP contribution < -0.4 is 0 Å². The maximum atomic E-state index is 12.8. The average Bonchev–Trinajstić information content (AvgIpc) is 3.30. The summed E-state index contributed by atoms with van der Waals surface area (Å²) in [5.74, 6) is 0.577. The summed E-state index contributed by atoms with van der Waals surface area (Å²) in [7, 11) is 0.